The number of ether oxygens (including phenoxy) is 1. The summed E-state index contributed by atoms with van der Waals surface area (Å²) in [5.74, 6) is -0.0723. The molecule has 0 atom stereocenters. The number of alkyl halides is 2. The van der Waals surface area contributed by atoms with E-state index in [1.54, 1.807) is 0 Å². The van der Waals surface area contributed by atoms with Crippen molar-refractivity contribution in [2.24, 2.45) is 0 Å². The SMILES string of the molecule is COc1c(CO)ncc(Br)c1C(F)F. The maximum Gasteiger partial charge on any atom is 0.268 e. The summed E-state index contributed by atoms with van der Waals surface area (Å²) in [4.78, 5) is 3.76. The van der Waals surface area contributed by atoms with Crippen molar-refractivity contribution in [3.63, 3.8) is 0 Å². The van der Waals surface area contributed by atoms with Gasteiger partial charge in [-0.25, -0.2) is 8.78 Å². The first kappa shape index (κ1) is 11.3. The van der Waals surface area contributed by atoms with E-state index in [0.29, 0.717) is 0 Å². The number of hydrogen-bond donors (Lipinski definition) is 1. The van der Waals surface area contributed by atoms with Gasteiger partial charge >= 0.3 is 0 Å². The van der Waals surface area contributed by atoms with E-state index in [0.717, 1.165) is 0 Å². The molecule has 0 aliphatic rings. The third-order valence-corrected chi connectivity index (χ3v) is 2.30. The van der Waals surface area contributed by atoms with Crippen LogP contribution in [0.4, 0.5) is 8.78 Å². The van der Waals surface area contributed by atoms with Gasteiger partial charge in [0.2, 0.25) is 0 Å². The second-order valence-electron chi connectivity index (χ2n) is 2.46. The Balaban J connectivity index is 3.35. The van der Waals surface area contributed by atoms with Crippen LogP contribution in [0.5, 0.6) is 5.75 Å². The molecule has 6 heteroatoms. The van der Waals surface area contributed by atoms with Crippen LogP contribution >= 0.6 is 15.9 Å². The molecule has 0 saturated carbocycles. The van der Waals surface area contributed by atoms with E-state index in [1.165, 1.54) is 13.3 Å². The summed E-state index contributed by atoms with van der Waals surface area (Å²) >= 11 is 2.95. The molecule has 1 heterocycles. The molecule has 0 aliphatic heterocycles. The number of nitrogens with zero attached hydrogens (tertiary/aromatic N) is 1. The molecule has 0 spiro atoms. The zero-order valence-corrected chi connectivity index (χ0v) is 8.88. The molecule has 14 heavy (non-hydrogen) atoms. The molecule has 0 aliphatic carbocycles. The minimum atomic E-state index is -2.67. The lowest BCUT2D eigenvalue weighted by molar-refractivity contribution is 0.145. The number of pyridine rings is 1. The molecule has 1 N–H and O–H groups in total. The van der Waals surface area contributed by atoms with Crippen molar-refractivity contribution >= 4 is 15.9 Å². The monoisotopic (exact) mass is 267 g/mol. The van der Waals surface area contributed by atoms with Crippen LogP contribution in [0.25, 0.3) is 0 Å². The summed E-state index contributed by atoms with van der Waals surface area (Å²) in [6, 6.07) is 0. The fourth-order valence-electron chi connectivity index (χ4n) is 1.07. The maximum atomic E-state index is 12.6. The van der Waals surface area contributed by atoms with Crippen LogP contribution in [-0.2, 0) is 6.61 Å². The molecule has 0 aromatic carbocycles. The van der Waals surface area contributed by atoms with Crippen molar-refractivity contribution in [2.75, 3.05) is 7.11 Å². The maximum absolute atomic E-state index is 12.6. The van der Waals surface area contributed by atoms with Crippen molar-refractivity contribution in [1.82, 2.24) is 4.98 Å². The molecule has 1 aromatic rings. The molecular weight excluding hydrogens is 260 g/mol. The van der Waals surface area contributed by atoms with Gasteiger partial charge in [0.25, 0.3) is 6.43 Å². The molecule has 0 amide bonds. The van der Waals surface area contributed by atoms with E-state index < -0.39 is 13.0 Å². The Labute approximate surface area is 87.9 Å². The van der Waals surface area contributed by atoms with Gasteiger partial charge in [-0.3, -0.25) is 4.98 Å². The standard InChI is InChI=1S/C8H8BrF2NO2/c1-14-7-5(3-13)12-2-4(9)6(7)8(10)11/h2,8,13H,3H2,1H3. The topological polar surface area (TPSA) is 42.4 Å². The highest BCUT2D eigenvalue weighted by molar-refractivity contribution is 9.10. The second kappa shape index (κ2) is 4.65. The average Bonchev–Trinajstić information content (AvgIpc) is 2.16. The molecule has 0 bridgehead atoms. The third-order valence-electron chi connectivity index (χ3n) is 1.67. The average molecular weight is 268 g/mol. The van der Waals surface area contributed by atoms with E-state index in [9.17, 15) is 8.78 Å². The van der Waals surface area contributed by atoms with Gasteiger partial charge in [-0.2, -0.15) is 0 Å². The first-order valence-electron chi connectivity index (χ1n) is 3.72. The number of rotatable bonds is 3. The van der Waals surface area contributed by atoms with E-state index in [2.05, 4.69) is 20.9 Å². The van der Waals surface area contributed by atoms with Gasteiger partial charge in [-0.1, -0.05) is 0 Å². The van der Waals surface area contributed by atoms with Gasteiger partial charge in [0, 0.05) is 10.7 Å². The highest BCUT2D eigenvalue weighted by atomic mass is 79.9. The van der Waals surface area contributed by atoms with Gasteiger partial charge in [-0.05, 0) is 15.9 Å². The number of hydrogen-bond acceptors (Lipinski definition) is 3. The molecule has 0 unspecified atom stereocenters. The van der Waals surface area contributed by atoms with Crippen molar-refractivity contribution in [3.8, 4) is 5.75 Å². The quantitative estimate of drug-likeness (QED) is 0.914. The fourth-order valence-corrected chi connectivity index (χ4v) is 1.53. The highest BCUT2D eigenvalue weighted by Gasteiger charge is 2.21. The molecule has 3 nitrogen and oxygen atoms in total. The van der Waals surface area contributed by atoms with E-state index in [1.807, 2.05) is 0 Å². The van der Waals surface area contributed by atoms with Gasteiger partial charge in [-0.15, -0.1) is 0 Å². The number of aromatic nitrogens is 1. The Hall–Kier alpha value is -0.750. The van der Waals surface area contributed by atoms with Crippen molar-refractivity contribution < 1.29 is 18.6 Å². The largest absolute Gasteiger partial charge is 0.494 e. The van der Waals surface area contributed by atoms with E-state index >= 15 is 0 Å². The summed E-state index contributed by atoms with van der Waals surface area (Å²) in [6.45, 7) is -0.434. The van der Waals surface area contributed by atoms with Gasteiger partial charge in [0.15, 0.2) is 5.75 Å². The smallest absolute Gasteiger partial charge is 0.268 e. The lowest BCUT2D eigenvalue weighted by Gasteiger charge is -2.12. The fraction of sp³-hybridized carbons (Fsp3) is 0.375. The van der Waals surface area contributed by atoms with E-state index in [4.69, 9.17) is 9.84 Å². The molecule has 0 fully saturated rings. The molecule has 1 aromatic heterocycles. The number of halogens is 3. The summed E-state index contributed by atoms with van der Waals surface area (Å²) < 4.78 is 30.1. The lowest BCUT2D eigenvalue weighted by atomic mass is 10.2. The van der Waals surface area contributed by atoms with Crippen LogP contribution in [0.15, 0.2) is 10.7 Å². The van der Waals surface area contributed by atoms with Crippen LogP contribution in [0.2, 0.25) is 0 Å². The minimum Gasteiger partial charge on any atom is -0.494 e. The van der Waals surface area contributed by atoms with Crippen molar-refractivity contribution in [3.05, 3.63) is 21.9 Å². The van der Waals surface area contributed by atoms with Crippen LogP contribution in [0.1, 0.15) is 17.7 Å². The Morgan fingerprint density at radius 2 is 2.29 bits per heavy atom. The van der Waals surface area contributed by atoms with Crippen LogP contribution in [-0.4, -0.2) is 17.2 Å². The molecule has 78 valence electrons. The van der Waals surface area contributed by atoms with Crippen LogP contribution < -0.4 is 4.74 Å². The number of methoxy groups -OCH3 is 1. The van der Waals surface area contributed by atoms with Crippen LogP contribution in [0.3, 0.4) is 0 Å². The molecular formula is C8H8BrF2NO2. The Morgan fingerprint density at radius 3 is 2.71 bits per heavy atom. The molecule has 0 radical (unpaired) electrons. The zero-order valence-electron chi connectivity index (χ0n) is 7.30. The Morgan fingerprint density at radius 1 is 1.64 bits per heavy atom. The Bertz CT molecular complexity index is 333. The van der Waals surface area contributed by atoms with Gasteiger partial charge in [0.1, 0.15) is 5.69 Å². The predicted octanol–water partition coefficient (Wildman–Crippen LogP) is 2.28. The molecule has 0 saturated heterocycles. The van der Waals surface area contributed by atoms with Crippen LogP contribution in [0, 0.1) is 0 Å². The third kappa shape index (κ3) is 2.01. The summed E-state index contributed by atoms with van der Waals surface area (Å²) in [6.07, 6.45) is -1.46. The number of aliphatic hydroxyl groups excluding tert-OH is 1. The van der Waals surface area contributed by atoms with Gasteiger partial charge < -0.3 is 9.84 Å². The molecule has 1 rings (SSSR count). The summed E-state index contributed by atoms with van der Waals surface area (Å²) in [7, 11) is 1.26. The van der Waals surface area contributed by atoms with Gasteiger partial charge in [0.05, 0.1) is 19.3 Å². The summed E-state index contributed by atoms with van der Waals surface area (Å²) in [5.41, 5.74) is -0.183. The first-order valence-corrected chi connectivity index (χ1v) is 4.51. The number of aliphatic hydroxyl groups is 1. The Kier molecular flexibility index (Phi) is 3.77. The second-order valence-corrected chi connectivity index (χ2v) is 3.31. The zero-order chi connectivity index (χ0) is 10.7. The van der Waals surface area contributed by atoms with Crippen molar-refractivity contribution in [2.45, 2.75) is 13.0 Å². The normalized spacial score (nSPS) is 10.7. The first-order chi connectivity index (χ1) is 6.61. The lowest BCUT2D eigenvalue weighted by Crippen LogP contribution is -2.01. The predicted molar refractivity (Wildman–Crippen MR) is 49.4 cm³/mol. The highest BCUT2D eigenvalue weighted by Crippen LogP contribution is 2.36. The van der Waals surface area contributed by atoms with E-state index in [-0.39, 0.29) is 21.5 Å². The minimum absolute atomic E-state index is 0.0723. The van der Waals surface area contributed by atoms with Crippen molar-refractivity contribution in [1.29, 1.82) is 0 Å². The summed E-state index contributed by atoms with van der Waals surface area (Å²) in [5, 5.41) is 8.84.